The van der Waals surface area contributed by atoms with E-state index in [1.807, 2.05) is 4.90 Å². The van der Waals surface area contributed by atoms with Crippen LogP contribution in [0.5, 0.6) is 0 Å². The molecule has 4 rings (SSSR count). The minimum absolute atomic E-state index is 0.0350. The Kier molecular flexibility index (Phi) is 7.41. The van der Waals surface area contributed by atoms with Crippen molar-refractivity contribution in [1.82, 2.24) is 19.7 Å². The van der Waals surface area contributed by atoms with Gasteiger partial charge in [-0.15, -0.1) is 11.3 Å². The van der Waals surface area contributed by atoms with Crippen molar-refractivity contribution in [3.63, 3.8) is 0 Å². The Balaban J connectivity index is 1.35. The van der Waals surface area contributed by atoms with E-state index in [4.69, 9.17) is 23.2 Å². The van der Waals surface area contributed by atoms with Crippen molar-refractivity contribution in [2.75, 3.05) is 44.6 Å². The molecule has 1 N–H and O–H groups in total. The molecule has 2 saturated heterocycles. The second kappa shape index (κ2) is 10.3. The van der Waals surface area contributed by atoms with Gasteiger partial charge >= 0.3 is 0 Å². The van der Waals surface area contributed by atoms with E-state index in [-0.39, 0.29) is 23.6 Å². The van der Waals surface area contributed by atoms with Crippen LogP contribution in [-0.2, 0) is 9.59 Å². The van der Waals surface area contributed by atoms with Gasteiger partial charge in [0.25, 0.3) is 5.91 Å². The Morgan fingerprint density at radius 3 is 2.45 bits per heavy atom. The highest BCUT2D eigenvalue weighted by atomic mass is 35.5. The van der Waals surface area contributed by atoms with Crippen LogP contribution in [-0.4, -0.2) is 76.7 Å². The number of piperazine rings is 1. The van der Waals surface area contributed by atoms with Crippen molar-refractivity contribution < 1.29 is 14.4 Å². The third kappa shape index (κ3) is 5.59. The van der Waals surface area contributed by atoms with Gasteiger partial charge in [0.05, 0.1) is 16.0 Å². The molecule has 11 heteroatoms. The van der Waals surface area contributed by atoms with E-state index in [2.05, 4.69) is 10.3 Å². The van der Waals surface area contributed by atoms with Crippen molar-refractivity contribution in [2.24, 2.45) is 5.92 Å². The summed E-state index contributed by atoms with van der Waals surface area (Å²) in [5.41, 5.74) is 1.08. The van der Waals surface area contributed by atoms with Crippen molar-refractivity contribution in [3.8, 4) is 0 Å². The topological polar surface area (TPSA) is 85.9 Å². The van der Waals surface area contributed by atoms with Crippen LogP contribution in [0.15, 0.2) is 23.6 Å². The van der Waals surface area contributed by atoms with E-state index in [1.54, 1.807) is 40.3 Å². The molecule has 3 heterocycles. The zero-order chi connectivity index (χ0) is 23.5. The first-order chi connectivity index (χ1) is 15.8. The number of hydrogen-bond donors (Lipinski definition) is 1. The maximum absolute atomic E-state index is 13.1. The quantitative estimate of drug-likeness (QED) is 0.678. The number of carbonyl (C=O) groups excluding carboxylic acids is 3. The molecule has 176 valence electrons. The summed E-state index contributed by atoms with van der Waals surface area (Å²) in [6.45, 7) is 4.74. The molecule has 2 fully saturated rings. The van der Waals surface area contributed by atoms with Crippen LogP contribution in [0.2, 0.25) is 10.0 Å². The number of amides is 3. The van der Waals surface area contributed by atoms with Gasteiger partial charge in [0.1, 0.15) is 5.69 Å². The number of halogens is 2. The predicted molar refractivity (Wildman–Crippen MR) is 129 cm³/mol. The molecule has 1 atom stereocenters. The number of piperidine rings is 1. The molecule has 0 unspecified atom stereocenters. The van der Waals surface area contributed by atoms with Gasteiger partial charge in [-0.2, -0.15) is 0 Å². The first kappa shape index (κ1) is 23.8. The lowest BCUT2D eigenvalue weighted by atomic mass is 9.96. The molecule has 0 bridgehead atoms. The van der Waals surface area contributed by atoms with E-state index in [0.717, 1.165) is 18.5 Å². The fourth-order valence-electron chi connectivity index (χ4n) is 4.15. The first-order valence-corrected chi connectivity index (χ1v) is 12.5. The number of thiazole rings is 1. The van der Waals surface area contributed by atoms with Gasteiger partial charge in [0.15, 0.2) is 5.13 Å². The van der Waals surface area contributed by atoms with Crippen LogP contribution in [0.25, 0.3) is 0 Å². The van der Waals surface area contributed by atoms with Gasteiger partial charge in [0, 0.05) is 57.3 Å². The zero-order valence-corrected chi connectivity index (χ0v) is 20.5. The number of benzene rings is 1. The highest BCUT2D eigenvalue weighted by Gasteiger charge is 2.33. The van der Waals surface area contributed by atoms with Gasteiger partial charge in [-0.1, -0.05) is 23.2 Å². The molecule has 1 aromatic carbocycles. The summed E-state index contributed by atoms with van der Waals surface area (Å²) in [6, 6.07) is 5.18. The van der Waals surface area contributed by atoms with Crippen molar-refractivity contribution in [3.05, 3.63) is 39.3 Å². The monoisotopic (exact) mass is 509 g/mol. The van der Waals surface area contributed by atoms with Gasteiger partial charge in [-0.3, -0.25) is 14.4 Å². The van der Waals surface area contributed by atoms with Crippen molar-refractivity contribution in [1.29, 1.82) is 0 Å². The summed E-state index contributed by atoms with van der Waals surface area (Å²) < 4.78 is 0. The van der Waals surface area contributed by atoms with Crippen molar-refractivity contribution in [2.45, 2.75) is 19.8 Å². The molecular formula is C22H25Cl2N5O3S. The number of rotatable bonds is 4. The molecule has 8 nitrogen and oxygen atoms in total. The Morgan fingerprint density at radius 2 is 1.76 bits per heavy atom. The molecule has 3 amide bonds. The normalized spacial score (nSPS) is 18.9. The number of aromatic nitrogens is 1. The summed E-state index contributed by atoms with van der Waals surface area (Å²) in [7, 11) is 0. The molecule has 0 aliphatic carbocycles. The maximum atomic E-state index is 13.1. The van der Waals surface area contributed by atoms with Crippen LogP contribution in [0.3, 0.4) is 0 Å². The van der Waals surface area contributed by atoms with E-state index in [9.17, 15) is 14.4 Å². The third-order valence-corrected chi connectivity index (χ3v) is 7.49. The van der Waals surface area contributed by atoms with Crippen LogP contribution in [0.1, 0.15) is 30.3 Å². The molecule has 0 saturated carbocycles. The molecule has 2 aliphatic heterocycles. The fraction of sp³-hybridized carbons (Fsp3) is 0.455. The highest BCUT2D eigenvalue weighted by Crippen LogP contribution is 2.29. The van der Waals surface area contributed by atoms with E-state index >= 15 is 0 Å². The summed E-state index contributed by atoms with van der Waals surface area (Å²) in [5, 5.41) is 6.32. The number of carbonyl (C=O) groups is 3. The smallest absolute Gasteiger partial charge is 0.273 e. The Labute approximate surface area is 206 Å². The lowest BCUT2D eigenvalue weighted by Gasteiger charge is -2.38. The SMILES string of the molecule is CC(=O)N1CCN(C(=O)[C@H]2CCCN(C(=O)c3csc(Nc4ccc(Cl)c(Cl)c4)n3)C2)CC1. The summed E-state index contributed by atoms with van der Waals surface area (Å²) in [6.07, 6.45) is 1.53. The largest absolute Gasteiger partial charge is 0.339 e. The van der Waals surface area contributed by atoms with E-state index in [1.165, 1.54) is 11.3 Å². The number of anilines is 2. The number of hydrogen-bond acceptors (Lipinski definition) is 6. The van der Waals surface area contributed by atoms with Gasteiger partial charge < -0.3 is 20.0 Å². The first-order valence-electron chi connectivity index (χ1n) is 10.8. The number of nitrogens with one attached hydrogen (secondary N) is 1. The molecule has 33 heavy (non-hydrogen) atoms. The van der Waals surface area contributed by atoms with Crippen LogP contribution >= 0.6 is 34.5 Å². The average Bonchev–Trinajstić information content (AvgIpc) is 3.29. The third-order valence-electron chi connectivity index (χ3n) is 5.99. The second-order valence-electron chi connectivity index (χ2n) is 8.21. The predicted octanol–water partition coefficient (Wildman–Crippen LogP) is 3.74. The summed E-state index contributed by atoms with van der Waals surface area (Å²) >= 11 is 13.3. The molecule has 0 radical (unpaired) electrons. The van der Waals surface area contributed by atoms with Gasteiger partial charge in [0.2, 0.25) is 11.8 Å². The highest BCUT2D eigenvalue weighted by molar-refractivity contribution is 7.14. The van der Waals surface area contributed by atoms with Crippen LogP contribution in [0.4, 0.5) is 10.8 Å². The number of nitrogens with zero attached hydrogens (tertiary/aromatic N) is 4. The number of likely N-dealkylation sites (tertiary alicyclic amines) is 1. The second-order valence-corrected chi connectivity index (χ2v) is 9.89. The molecule has 2 aromatic rings. The lowest BCUT2D eigenvalue weighted by molar-refractivity contribution is -0.142. The molecule has 0 spiro atoms. The average molecular weight is 510 g/mol. The molecule has 2 aliphatic rings. The standard InChI is InChI=1S/C22H25Cl2N5O3S/c1-14(30)27-7-9-28(10-8-27)20(31)15-3-2-6-29(12-15)21(32)19-13-33-22(26-19)25-16-4-5-17(23)18(24)11-16/h4-5,11,13,15H,2-3,6-10,12H2,1H3,(H,25,26)/t15-/m0/s1. The Morgan fingerprint density at radius 1 is 1.03 bits per heavy atom. The minimum atomic E-state index is -0.223. The molecule has 1 aromatic heterocycles. The molecular weight excluding hydrogens is 485 g/mol. The van der Waals surface area contributed by atoms with E-state index < -0.39 is 0 Å². The van der Waals surface area contributed by atoms with Gasteiger partial charge in [-0.05, 0) is 31.0 Å². The Bertz CT molecular complexity index is 1050. The minimum Gasteiger partial charge on any atom is -0.339 e. The summed E-state index contributed by atoms with van der Waals surface area (Å²) in [5.74, 6) is -0.296. The van der Waals surface area contributed by atoms with Crippen molar-refractivity contribution >= 4 is 63.1 Å². The van der Waals surface area contributed by atoms with Crippen LogP contribution in [0, 0.1) is 5.92 Å². The Hall–Kier alpha value is -2.36. The maximum Gasteiger partial charge on any atom is 0.273 e. The summed E-state index contributed by atoms with van der Waals surface area (Å²) in [4.78, 5) is 47.3. The lowest BCUT2D eigenvalue weighted by Crippen LogP contribution is -2.53. The zero-order valence-electron chi connectivity index (χ0n) is 18.2. The van der Waals surface area contributed by atoms with Crippen LogP contribution < -0.4 is 5.32 Å². The van der Waals surface area contributed by atoms with E-state index in [0.29, 0.717) is 60.1 Å². The fourth-order valence-corrected chi connectivity index (χ4v) is 5.15. The van der Waals surface area contributed by atoms with Gasteiger partial charge in [-0.25, -0.2) is 4.98 Å².